The molecule has 0 unspecified atom stereocenters. The van der Waals surface area contributed by atoms with Crippen LogP contribution in [0.1, 0.15) is 0 Å². The molecule has 0 saturated carbocycles. The van der Waals surface area contributed by atoms with Crippen molar-refractivity contribution in [2.45, 2.75) is 0 Å². The van der Waals surface area contributed by atoms with Crippen LogP contribution in [-0.4, -0.2) is 5.84 Å². The minimum absolute atomic E-state index is 0.259. The maximum absolute atomic E-state index is 4.98. The number of hydrazone groups is 1. The molecule has 0 radical (unpaired) electrons. The standard InChI is InChI=1S/C3H7N3/c1-2-3(4)6-5/h2H,1,5H2,(H2,4,6). The average Bonchev–Trinajstić information content (AvgIpc) is 1.65. The van der Waals surface area contributed by atoms with Gasteiger partial charge in [0.2, 0.25) is 0 Å². The van der Waals surface area contributed by atoms with Crippen molar-refractivity contribution in [3.8, 4) is 0 Å². The van der Waals surface area contributed by atoms with Crippen LogP contribution in [0.15, 0.2) is 17.8 Å². The normalized spacial score (nSPS) is 11.0. The highest BCUT2D eigenvalue weighted by atomic mass is 15.1. The van der Waals surface area contributed by atoms with Gasteiger partial charge in [0.05, 0.1) is 0 Å². The van der Waals surface area contributed by atoms with Crippen molar-refractivity contribution in [3.05, 3.63) is 12.7 Å². The van der Waals surface area contributed by atoms with E-state index in [-0.39, 0.29) is 5.84 Å². The topological polar surface area (TPSA) is 64.4 Å². The minimum atomic E-state index is 0.259. The van der Waals surface area contributed by atoms with Gasteiger partial charge in [0.1, 0.15) is 5.84 Å². The van der Waals surface area contributed by atoms with E-state index in [1.54, 1.807) is 0 Å². The second-order valence-corrected chi connectivity index (χ2v) is 0.758. The fraction of sp³-hybridized carbons (Fsp3) is 0. The lowest BCUT2D eigenvalue weighted by molar-refractivity contribution is 1.24. The third-order valence-corrected chi connectivity index (χ3v) is 0.358. The molecule has 0 rings (SSSR count). The fourth-order valence-corrected chi connectivity index (χ4v) is 0.0527. The molecular formula is C3H7N3. The molecule has 0 aromatic rings. The molecule has 0 aliphatic carbocycles. The van der Waals surface area contributed by atoms with E-state index in [2.05, 4.69) is 17.5 Å². The molecule has 0 fully saturated rings. The van der Waals surface area contributed by atoms with E-state index >= 15 is 0 Å². The van der Waals surface area contributed by atoms with Gasteiger partial charge in [-0.25, -0.2) is 0 Å². The van der Waals surface area contributed by atoms with Crippen LogP contribution >= 0.6 is 0 Å². The zero-order valence-corrected chi connectivity index (χ0v) is 3.39. The van der Waals surface area contributed by atoms with E-state index in [4.69, 9.17) is 5.73 Å². The predicted molar refractivity (Wildman–Crippen MR) is 26.0 cm³/mol. The van der Waals surface area contributed by atoms with Gasteiger partial charge in [0, 0.05) is 0 Å². The maximum Gasteiger partial charge on any atom is 0.142 e. The highest BCUT2D eigenvalue weighted by molar-refractivity contribution is 5.90. The molecule has 6 heavy (non-hydrogen) atoms. The first-order valence-corrected chi connectivity index (χ1v) is 1.47. The largest absolute Gasteiger partial charge is 0.382 e. The Morgan fingerprint density at radius 1 is 1.83 bits per heavy atom. The van der Waals surface area contributed by atoms with E-state index in [0.717, 1.165) is 0 Å². The van der Waals surface area contributed by atoms with E-state index in [1.807, 2.05) is 0 Å². The summed E-state index contributed by atoms with van der Waals surface area (Å²) in [5.74, 6) is 4.93. The molecule has 34 valence electrons. The molecule has 0 aromatic carbocycles. The molecule has 0 aliphatic rings. The van der Waals surface area contributed by atoms with Gasteiger partial charge >= 0.3 is 0 Å². The van der Waals surface area contributed by atoms with E-state index < -0.39 is 0 Å². The minimum Gasteiger partial charge on any atom is -0.382 e. The van der Waals surface area contributed by atoms with Crippen molar-refractivity contribution in [3.63, 3.8) is 0 Å². The monoisotopic (exact) mass is 85.1 g/mol. The third-order valence-electron chi connectivity index (χ3n) is 0.358. The second-order valence-electron chi connectivity index (χ2n) is 0.758. The van der Waals surface area contributed by atoms with Gasteiger partial charge in [-0.3, -0.25) is 0 Å². The van der Waals surface area contributed by atoms with Crippen LogP contribution in [0.25, 0.3) is 0 Å². The molecule has 0 aliphatic heterocycles. The SMILES string of the molecule is C=C/C(N)=N\N. The fourth-order valence-electron chi connectivity index (χ4n) is 0.0527. The second kappa shape index (κ2) is 2.26. The zero-order valence-electron chi connectivity index (χ0n) is 3.39. The molecule has 0 saturated heterocycles. The Balaban J connectivity index is 3.50. The molecule has 3 nitrogen and oxygen atoms in total. The Bertz CT molecular complexity index is 74.1. The Hall–Kier alpha value is -0.990. The van der Waals surface area contributed by atoms with Crippen molar-refractivity contribution < 1.29 is 0 Å². The van der Waals surface area contributed by atoms with Crippen molar-refractivity contribution in [1.29, 1.82) is 0 Å². The van der Waals surface area contributed by atoms with Crippen molar-refractivity contribution >= 4 is 5.84 Å². The summed E-state index contributed by atoms with van der Waals surface area (Å²) in [7, 11) is 0. The summed E-state index contributed by atoms with van der Waals surface area (Å²) < 4.78 is 0. The van der Waals surface area contributed by atoms with Gasteiger partial charge in [-0.2, -0.15) is 5.10 Å². The summed E-state index contributed by atoms with van der Waals surface area (Å²) in [5.41, 5.74) is 4.98. The lowest BCUT2D eigenvalue weighted by Gasteiger charge is -1.79. The molecule has 0 atom stereocenters. The van der Waals surface area contributed by atoms with E-state index in [0.29, 0.717) is 0 Å². The third kappa shape index (κ3) is 1.34. The first kappa shape index (κ1) is 5.01. The summed E-state index contributed by atoms with van der Waals surface area (Å²) in [5, 5.41) is 3.08. The Morgan fingerprint density at radius 3 is 2.33 bits per heavy atom. The molecule has 0 aromatic heterocycles. The first-order valence-electron chi connectivity index (χ1n) is 1.47. The number of hydrogen-bond donors (Lipinski definition) is 2. The number of nitrogens with zero attached hydrogens (tertiary/aromatic N) is 1. The number of hydrogen-bond acceptors (Lipinski definition) is 2. The van der Waals surface area contributed by atoms with Crippen LogP contribution in [0.3, 0.4) is 0 Å². The molecule has 0 bridgehead atoms. The van der Waals surface area contributed by atoms with Gasteiger partial charge < -0.3 is 11.6 Å². The molecule has 0 heterocycles. The quantitative estimate of drug-likeness (QED) is 0.193. The summed E-state index contributed by atoms with van der Waals surface area (Å²) >= 11 is 0. The smallest absolute Gasteiger partial charge is 0.142 e. The van der Waals surface area contributed by atoms with Crippen LogP contribution in [0.4, 0.5) is 0 Å². The van der Waals surface area contributed by atoms with Gasteiger partial charge in [0.25, 0.3) is 0 Å². The van der Waals surface area contributed by atoms with Crippen molar-refractivity contribution in [1.82, 2.24) is 0 Å². The Morgan fingerprint density at radius 2 is 2.33 bits per heavy atom. The van der Waals surface area contributed by atoms with Gasteiger partial charge in [-0.15, -0.1) is 0 Å². The highest BCUT2D eigenvalue weighted by Gasteiger charge is 1.69. The maximum atomic E-state index is 4.98. The summed E-state index contributed by atoms with van der Waals surface area (Å²) in [4.78, 5) is 0. The number of rotatable bonds is 1. The molecular weight excluding hydrogens is 78.1 g/mol. The van der Waals surface area contributed by atoms with Gasteiger partial charge in [-0.1, -0.05) is 6.58 Å². The van der Waals surface area contributed by atoms with E-state index in [1.165, 1.54) is 6.08 Å². The Kier molecular flexibility index (Phi) is 1.89. The lowest BCUT2D eigenvalue weighted by Crippen LogP contribution is -2.09. The van der Waals surface area contributed by atoms with Gasteiger partial charge in [-0.05, 0) is 6.08 Å². The molecule has 0 amide bonds. The van der Waals surface area contributed by atoms with Crippen LogP contribution < -0.4 is 11.6 Å². The molecule has 0 spiro atoms. The van der Waals surface area contributed by atoms with E-state index in [9.17, 15) is 0 Å². The number of amidine groups is 1. The summed E-state index contributed by atoms with van der Waals surface area (Å²) in [6.45, 7) is 3.30. The summed E-state index contributed by atoms with van der Waals surface area (Å²) in [6, 6.07) is 0. The predicted octanol–water partition coefficient (Wildman–Crippen LogP) is -0.597. The highest BCUT2D eigenvalue weighted by Crippen LogP contribution is 1.57. The Labute approximate surface area is 36.3 Å². The van der Waals surface area contributed by atoms with Crippen molar-refractivity contribution in [2.75, 3.05) is 0 Å². The first-order chi connectivity index (χ1) is 2.81. The van der Waals surface area contributed by atoms with Crippen LogP contribution in [0.5, 0.6) is 0 Å². The average molecular weight is 85.1 g/mol. The van der Waals surface area contributed by atoms with Crippen LogP contribution in [0.2, 0.25) is 0 Å². The zero-order chi connectivity index (χ0) is 4.99. The summed E-state index contributed by atoms with van der Waals surface area (Å²) in [6.07, 6.45) is 1.38. The number of nitrogens with two attached hydrogens (primary N) is 2. The van der Waals surface area contributed by atoms with Crippen LogP contribution in [0, 0.1) is 0 Å². The van der Waals surface area contributed by atoms with Crippen LogP contribution in [-0.2, 0) is 0 Å². The molecule has 4 N–H and O–H groups in total. The lowest BCUT2D eigenvalue weighted by atomic mass is 10.6. The van der Waals surface area contributed by atoms with Crippen molar-refractivity contribution in [2.24, 2.45) is 16.7 Å². The molecule has 3 heteroatoms. The van der Waals surface area contributed by atoms with Gasteiger partial charge in [0.15, 0.2) is 0 Å².